The highest BCUT2D eigenvalue weighted by Crippen LogP contribution is 2.19. The minimum absolute atomic E-state index is 0.107. The molecular formula is C16H17NO3. The maximum atomic E-state index is 12.0. The average molecular weight is 271 g/mol. The van der Waals surface area contributed by atoms with Gasteiger partial charge in [0.05, 0.1) is 0 Å². The summed E-state index contributed by atoms with van der Waals surface area (Å²) in [6.07, 6.45) is -0.626. The normalized spacial score (nSPS) is 11.7. The standard InChI is InChI=1S/C16H17NO3/c1-11-6-3-4-9-15(11)20-12(2)16(19)17-13-7-5-8-14(18)10-13/h3-10,12,18H,1-2H3,(H,17,19)/t12-/m1/s1. The lowest BCUT2D eigenvalue weighted by molar-refractivity contribution is -0.122. The Morgan fingerprint density at radius 2 is 1.95 bits per heavy atom. The SMILES string of the molecule is Cc1ccccc1O[C@H](C)C(=O)Nc1cccc(O)c1. The molecule has 0 saturated heterocycles. The van der Waals surface area contributed by atoms with Crippen LogP contribution < -0.4 is 10.1 Å². The van der Waals surface area contributed by atoms with Crippen LogP contribution in [-0.2, 0) is 4.79 Å². The zero-order valence-electron chi connectivity index (χ0n) is 11.5. The van der Waals surface area contributed by atoms with Gasteiger partial charge in [-0.25, -0.2) is 0 Å². The third-order valence-corrected chi connectivity index (χ3v) is 2.88. The van der Waals surface area contributed by atoms with Gasteiger partial charge in [-0.1, -0.05) is 24.3 Å². The van der Waals surface area contributed by atoms with E-state index < -0.39 is 6.10 Å². The maximum Gasteiger partial charge on any atom is 0.265 e. The first-order valence-electron chi connectivity index (χ1n) is 6.38. The number of hydrogen-bond donors (Lipinski definition) is 2. The van der Waals surface area contributed by atoms with Crippen molar-refractivity contribution in [3.05, 3.63) is 54.1 Å². The summed E-state index contributed by atoms with van der Waals surface area (Å²) in [5, 5.41) is 12.1. The fraction of sp³-hybridized carbons (Fsp3) is 0.188. The Balaban J connectivity index is 2.01. The zero-order valence-corrected chi connectivity index (χ0v) is 11.5. The molecule has 0 saturated carbocycles. The molecule has 0 aromatic heterocycles. The van der Waals surface area contributed by atoms with E-state index in [0.717, 1.165) is 5.56 Å². The third-order valence-electron chi connectivity index (χ3n) is 2.88. The molecule has 2 aromatic rings. The highest BCUT2D eigenvalue weighted by molar-refractivity contribution is 5.94. The lowest BCUT2D eigenvalue weighted by Crippen LogP contribution is -2.30. The number of aromatic hydroxyl groups is 1. The van der Waals surface area contributed by atoms with Crippen LogP contribution in [0.5, 0.6) is 11.5 Å². The molecule has 20 heavy (non-hydrogen) atoms. The first kappa shape index (κ1) is 13.9. The number of nitrogens with one attached hydrogen (secondary N) is 1. The molecule has 0 fully saturated rings. The van der Waals surface area contributed by atoms with Crippen LogP contribution >= 0.6 is 0 Å². The van der Waals surface area contributed by atoms with Gasteiger partial charge in [-0.05, 0) is 37.6 Å². The number of aryl methyl sites for hydroxylation is 1. The molecular weight excluding hydrogens is 254 g/mol. The van der Waals surface area contributed by atoms with Crippen molar-refractivity contribution in [3.63, 3.8) is 0 Å². The Bertz CT molecular complexity index is 610. The summed E-state index contributed by atoms with van der Waals surface area (Å²) in [5.41, 5.74) is 1.51. The second kappa shape index (κ2) is 6.10. The molecule has 4 nitrogen and oxygen atoms in total. The topological polar surface area (TPSA) is 58.6 Å². The van der Waals surface area contributed by atoms with Crippen molar-refractivity contribution in [1.29, 1.82) is 0 Å². The molecule has 0 aliphatic carbocycles. The largest absolute Gasteiger partial charge is 0.508 e. The van der Waals surface area contributed by atoms with Gasteiger partial charge < -0.3 is 15.2 Å². The molecule has 0 radical (unpaired) electrons. The molecule has 4 heteroatoms. The molecule has 1 amide bonds. The van der Waals surface area contributed by atoms with Crippen LogP contribution in [-0.4, -0.2) is 17.1 Å². The number of amides is 1. The lowest BCUT2D eigenvalue weighted by atomic mass is 10.2. The Hall–Kier alpha value is -2.49. The predicted octanol–water partition coefficient (Wildman–Crippen LogP) is 3.11. The van der Waals surface area contributed by atoms with Crippen LogP contribution in [0.1, 0.15) is 12.5 Å². The summed E-state index contributed by atoms with van der Waals surface area (Å²) in [6, 6.07) is 13.9. The number of carbonyl (C=O) groups excluding carboxylic acids is 1. The Morgan fingerprint density at radius 3 is 2.65 bits per heavy atom. The van der Waals surface area contributed by atoms with E-state index in [0.29, 0.717) is 11.4 Å². The minimum Gasteiger partial charge on any atom is -0.508 e. The number of rotatable bonds is 4. The van der Waals surface area contributed by atoms with Crippen LogP contribution in [0, 0.1) is 6.92 Å². The van der Waals surface area contributed by atoms with E-state index in [9.17, 15) is 9.90 Å². The van der Waals surface area contributed by atoms with Crippen molar-refractivity contribution >= 4 is 11.6 Å². The molecule has 0 aliphatic rings. The summed E-state index contributed by atoms with van der Waals surface area (Å²) >= 11 is 0. The Morgan fingerprint density at radius 1 is 1.20 bits per heavy atom. The van der Waals surface area contributed by atoms with Crippen LogP contribution in [0.25, 0.3) is 0 Å². The van der Waals surface area contributed by atoms with E-state index in [1.54, 1.807) is 25.1 Å². The quantitative estimate of drug-likeness (QED) is 0.898. The van der Waals surface area contributed by atoms with Crippen LogP contribution in [0.2, 0.25) is 0 Å². The van der Waals surface area contributed by atoms with Gasteiger partial charge in [-0.15, -0.1) is 0 Å². The number of hydrogen-bond acceptors (Lipinski definition) is 3. The number of benzene rings is 2. The summed E-state index contributed by atoms with van der Waals surface area (Å²) in [5.74, 6) is 0.528. The molecule has 0 bridgehead atoms. The van der Waals surface area contributed by atoms with Crippen LogP contribution in [0.4, 0.5) is 5.69 Å². The molecule has 2 N–H and O–H groups in total. The van der Waals surface area contributed by atoms with E-state index in [1.165, 1.54) is 6.07 Å². The summed E-state index contributed by atoms with van der Waals surface area (Å²) in [7, 11) is 0. The minimum atomic E-state index is -0.626. The number of carbonyl (C=O) groups is 1. The highest BCUT2D eigenvalue weighted by atomic mass is 16.5. The fourth-order valence-electron chi connectivity index (χ4n) is 1.76. The van der Waals surface area contributed by atoms with Crippen LogP contribution in [0.15, 0.2) is 48.5 Å². The van der Waals surface area contributed by atoms with Gasteiger partial charge in [-0.3, -0.25) is 4.79 Å². The summed E-state index contributed by atoms with van der Waals surface area (Å²) in [6.45, 7) is 3.61. The molecule has 0 spiro atoms. The van der Waals surface area contributed by atoms with Crippen molar-refractivity contribution in [2.75, 3.05) is 5.32 Å². The Kier molecular flexibility index (Phi) is 4.25. The van der Waals surface area contributed by atoms with E-state index in [4.69, 9.17) is 4.74 Å². The van der Waals surface area contributed by atoms with Gasteiger partial charge in [0.1, 0.15) is 11.5 Å². The van der Waals surface area contributed by atoms with Gasteiger partial charge in [-0.2, -0.15) is 0 Å². The number of para-hydroxylation sites is 1. The van der Waals surface area contributed by atoms with Crippen molar-refractivity contribution in [2.45, 2.75) is 20.0 Å². The predicted molar refractivity (Wildman–Crippen MR) is 78.0 cm³/mol. The second-order valence-corrected chi connectivity index (χ2v) is 4.57. The van der Waals surface area contributed by atoms with E-state index in [-0.39, 0.29) is 11.7 Å². The molecule has 2 aromatic carbocycles. The Labute approximate surface area is 118 Å². The summed E-state index contributed by atoms with van der Waals surface area (Å²) < 4.78 is 5.63. The molecule has 0 unspecified atom stereocenters. The highest BCUT2D eigenvalue weighted by Gasteiger charge is 2.15. The first-order valence-corrected chi connectivity index (χ1v) is 6.38. The van der Waals surface area contributed by atoms with Gasteiger partial charge in [0, 0.05) is 11.8 Å². The number of anilines is 1. The van der Waals surface area contributed by atoms with Gasteiger partial charge in [0.2, 0.25) is 0 Å². The molecule has 104 valence electrons. The van der Waals surface area contributed by atoms with Gasteiger partial charge >= 0.3 is 0 Å². The van der Waals surface area contributed by atoms with Crippen molar-refractivity contribution in [2.24, 2.45) is 0 Å². The monoisotopic (exact) mass is 271 g/mol. The van der Waals surface area contributed by atoms with Crippen molar-refractivity contribution in [1.82, 2.24) is 0 Å². The third kappa shape index (κ3) is 3.51. The number of phenols is 1. The zero-order chi connectivity index (χ0) is 14.5. The van der Waals surface area contributed by atoms with E-state index in [2.05, 4.69) is 5.32 Å². The second-order valence-electron chi connectivity index (χ2n) is 4.57. The van der Waals surface area contributed by atoms with Crippen molar-refractivity contribution < 1.29 is 14.6 Å². The lowest BCUT2D eigenvalue weighted by Gasteiger charge is -2.16. The van der Waals surface area contributed by atoms with Crippen LogP contribution in [0.3, 0.4) is 0 Å². The van der Waals surface area contributed by atoms with Gasteiger partial charge in [0.25, 0.3) is 5.91 Å². The average Bonchev–Trinajstić information content (AvgIpc) is 2.41. The van der Waals surface area contributed by atoms with Crippen molar-refractivity contribution in [3.8, 4) is 11.5 Å². The maximum absolute atomic E-state index is 12.0. The van der Waals surface area contributed by atoms with E-state index >= 15 is 0 Å². The molecule has 2 rings (SSSR count). The number of ether oxygens (including phenoxy) is 1. The first-order chi connectivity index (χ1) is 9.56. The smallest absolute Gasteiger partial charge is 0.265 e. The molecule has 0 aliphatic heterocycles. The molecule has 1 atom stereocenters. The van der Waals surface area contributed by atoms with E-state index in [1.807, 2.05) is 31.2 Å². The number of phenolic OH excluding ortho intramolecular Hbond substituents is 1. The van der Waals surface area contributed by atoms with Gasteiger partial charge in [0.15, 0.2) is 6.10 Å². The molecule has 0 heterocycles. The fourth-order valence-corrected chi connectivity index (χ4v) is 1.76. The summed E-state index contributed by atoms with van der Waals surface area (Å²) in [4.78, 5) is 12.0.